The number of hydrogen-bond donors (Lipinski definition) is 0. The molecular weight excluding hydrogens is 374 g/mol. The Kier molecular flexibility index (Phi) is 3.76. The van der Waals surface area contributed by atoms with Crippen LogP contribution in [0.5, 0.6) is 0 Å². The first-order valence-corrected chi connectivity index (χ1v) is 9.96. The first-order valence-electron chi connectivity index (χ1n) is 9.17. The third kappa shape index (κ3) is 2.40. The molecule has 2 heterocycles. The third-order valence-electron chi connectivity index (χ3n) is 6.17. The molecule has 1 aliphatic carbocycles. The van der Waals surface area contributed by atoms with Gasteiger partial charge in [0.15, 0.2) is 0 Å². The van der Waals surface area contributed by atoms with E-state index in [1.54, 1.807) is 11.3 Å². The lowest BCUT2D eigenvalue weighted by molar-refractivity contribution is -0.0471. The summed E-state index contributed by atoms with van der Waals surface area (Å²) in [4.78, 5) is 0. The number of aryl methyl sites for hydroxylation is 2. The normalized spacial score (nSPS) is 25.6. The molecule has 5 rings (SSSR count). The number of fused-ring (bicyclic) bond motifs is 5. The molecule has 1 aliphatic heterocycles. The first-order chi connectivity index (χ1) is 12.2. The monoisotopic (exact) mass is 395 g/mol. The fourth-order valence-electron chi connectivity index (χ4n) is 5.10. The van der Waals surface area contributed by atoms with Crippen molar-refractivity contribution in [2.75, 3.05) is 6.61 Å². The number of hydrogen-bond acceptors (Lipinski definition) is 1. The zero-order valence-corrected chi connectivity index (χ0v) is 16.0. The molecule has 25 heavy (non-hydrogen) atoms. The van der Waals surface area contributed by atoms with Gasteiger partial charge in [0.25, 0.3) is 0 Å². The van der Waals surface area contributed by atoms with Gasteiger partial charge in [0.05, 0.1) is 6.10 Å². The predicted octanol–water partition coefficient (Wildman–Crippen LogP) is 5.75. The van der Waals surface area contributed by atoms with Crippen LogP contribution in [0.15, 0.2) is 53.0 Å². The molecular formula is C22H22BrNO. The fourth-order valence-corrected chi connectivity index (χ4v) is 5.36. The van der Waals surface area contributed by atoms with Crippen LogP contribution in [-0.4, -0.2) is 11.2 Å². The van der Waals surface area contributed by atoms with E-state index in [9.17, 15) is 0 Å². The van der Waals surface area contributed by atoms with Gasteiger partial charge in [-0.2, -0.15) is 0 Å². The van der Waals surface area contributed by atoms with Gasteiger partial charge in [0, 0.05) is 40.6 Å². The summed E-state index contributed by atoms with van der Waals surface area (Å²) in [5.41, 5.74) is 5.83. The highest BCUT2D eigenvalue weighted by Gasteiger charge is 2.41. The molecule has 0 saturated carbocycles. The van der Waals surface area contributed by atoms with E-state index in [4.69, 9.17) is 4.74 Å². The second kappa shape index (κ2) is 6.00. The minimum Gasteiger partial charge on any atom is -0.373 e. The van der Waals surface area contributed by atoms with Crippen molar-refractivity contribution in [2.45, 2.75) is 31.3 Å². The van der Waals surface area contributed by atoms with E-state index in [0.717, 1.165) is 23.9 Å². The molecule has 0 radical (unpaired) electrons. The smallest absolute Gasteiger partial charge is 0.0859 e. The molecule has 0 unspecified atom stereocenters. The summed E-state index contributed by atoms with van der Waals surface area (Å²) in [6, 6.07) is 17.6. The van der Waals surface area contributed by atoms with Gasteiger partial charge in [-0.1, -0.05) is 46.3 Å². The second-order valence-electron chi connectivity index (χ2n) is 7.38. The highest BCUT2D eigenvalue weighted by Crippen LogP contribution is 2.50. The Morgan fingerprint density at radius 3 is 2.68 bits per heavy atom. The highest BCUT2D eigenvalue weighted by molar-refractivity contribution is 9.10. The maximum Gasteiger partial charge on any atom is 0.0859 e. The Hall–Kier alpha value is -1.58. The standard InChI is InChI=1S/C22H22BrNO/c1-24-20-5-3-2-4-16(20)17-10-11-19-18(21(17)24)12-13-25-22(19)14-6-8-15(23)9-7-14/h2-9,18-19,22H,10-13H2,1H3/t18-,19-,22-/m0/s1. The summed E-state index contributed by atoms with van der Waals surface area (Å²) in [5, 5.41) is 1.45. The van der Waals surface area contributed by atoms with Crippen LogP contribution in [0.25, 0.3) is 10.9 Å². The number of halogens is 1. The summed E-state index contributed by atoms with van der Waals surface area (Å²) in [7, 11) is 2.24. The Balaban J connectivity index is 1.59. The minimum atomic E-state index is 0.220. The van der Waals surface area contributed by atoms with Gasteiger partial charge in [-0.05, 0) is 54.5 Å². The van der Waals surface area contributed by atoms with Gasteiger partial charge < -0.3 is 9.30 Å². The van der Waals surface area contributed by atoms with E-state index in [1.807, 2.05) is 0 Å². The molecule has 2 aliphatic rings. The predicted molar refractivity (Wildman–Crippen MR) is 105 cm³/mol. The molecule has 1 aromatic heterocycles. The van der Waals surface area contributed by atoms with Gasteiger partial charge in [-0.3, -0.25) is 0 Å². The summed E-state index contributed by atoms with van der Waals surface area (Å²) >= 11 is 3.54. The Morgan fingerprint density at radius 2 is 1.84 bits per heavy atom. The van der Waals surface area contributed by atoms with E-state index in [2.05, 4.69) is 76.1 Å². The van der Waals surface area contributed by atoms with Crippen molar-refractivity contribution in [1.29, 1.82) is 0 Å². The second-order valence-corrected chi connectivity index (χ2v) is 8.30. The molecule has 2 aromatic carbocycles. The fraction of sp³-hybridized carbons (Fsp3) is 0.364. The number of nitrogens with zero attached hydrogens (tertiary/aromatic N) is 1. The van der Waals surface area contributed by atoms with Crippen molar-refractivity contribution in [3.63, 3.8) is 0 Å². The molecule has 3 heteroatoms. The maximum absolute atomic E-state index is 6.28. The van der Waals surface area contributed by atoms with Crippen LogP contribution in [0.3, 0.4) is 0 Å². The van der Waals surface area contributed by atoms with Crippen LogP contribution in [-0.2, 0) is 18.2 Å². The van der Waals surface area contributed by atoms with Gasteiger partial charge in [-0.15, -0.1) is 0 Å². The van der Waals surface area contributed by atoms with Crippen LogP contribution < -0.4 is 0 Å². The van der Waals surface area contributed by atoms with Crippen LogP contribution >= 0.6 is 15.9 Å². The van der Waals surface area contributed by atoms with Crippen LogP contribution in [0.2, 0.25) is 0 Å². The highest BCUT2D eigenvalue weighted by atomic mass is 79.9. The summed E-state index contributed by atoms with van der Waals surface area (Å²) in [6.07, 6.45) is 3.73. The Bertz CT molecular complexity index is 927. The van der Waals surface area contributed by atoms with Gasteiger partial charge in [-0.25, -0.2) is 0 Å². The number of rotatable bonds is 1. The van der Waals surface area contributed by atoms with Crippen molar-refractivity contribution < 1.29 is 4.74 Å². The molecule has 1 saturated heterocycles. The summed E-state index contributed by atoms with van der Waals surface area (Å²) in [6.45, 7) is 0.850. The lowest BCUT2D eigenvalue weighted by Crippen LogP contribution is -2.34. The quantitative estimate of drug-likeness (QED) is 0.511. The van der Waals surface area contributed by atoms with Crippen molar-refractivity contribution in [2.24, 2.45) is 13.0 Å². The van der Waals surface area contributed by atoms with E-state index in [-0.39, 0.29) is 6.10 Å². The Morgan fingerprint density at radius 1 is 1.04 bits per heavy atom. The average Bonchev–Trinajstić information content (AvgIpc) is 2.95. The minimum absolute atomic E-state index is 0.220. The number of aromatic nitrogens is 1. The molecule has 3 atom stereocenters. The summed E-state index contributed by atoms with van der Waals surface area (Å²) < 4.78 is 9.86. The SMILES string of the molecule is Cn1c2c(c3ccccc31)CC[C@H]1[C@@H]2CCO[C@H]1c1ccc(Br)cc1. The number of ether oxygens (including phenoxy) is 1. The van der Waals surface area contributed by atoms with Crippen molar-refractivity contribution in [3.05, 3.63) is 69.8 Å². The lowest BCUT2D eigenvalue weighted by atomic mass is 9.71. The largest absolute Gasteiger partial charge is 0.373 e. The molecule has 1 fully saturated rings. The Labute approximate surface area is 156 Å². The van der Waals surface area contributed by atoms with Crippen molar-refractivity contribution in [1.82, 2.24) is 4.57 Å². The van der Waals surface area contributed by atoms with Gasteiger partial charge >= 0.3 is 0 Å². The average molecular weight is 396 g/mol. The van der Waals surface area contributed by atoms with E-state index in [0.29, 0.717) is 11.8 Å². The van der Waals surface area contributed by atoms with E-state index >= 15 is 0 Å². The first kappa shape index (κ1) is 15.7. The number of para-hydroxylation sites is 1. The third-order valence-corrected chi connectivity index (χ3v) is 6.70. The molecule has 0 N–H and O–H groups in total. The molecule has 0 amide bonds. The molecule has 2 nitrogen and oxygen atoms in total. The van der Waals surface area contributed by atoms with E-state index in [1.165, 1.54) is 22.9 Å². The van der Waals surface area contributed by atoms with Gasteiger partial charge in [0.1, 0.15) is 0 Å². The molecule has 128 valence electrons. The summed E-state index contributed by atoms with van der Waals surface area (Å²) in [5.74, 6) is 1.17. The maximum atomic E-state index is 6.28. The molecule has 3 aromatic rings. The van der Waals surface area contributed by atoms with E-state index < -0.39 is 0 Å². The molecule has 0 spiro atoms. The van der Waals surface area contributed by atoms with Gasteiger partial charge in [0.2, 0.25) is 0 Å². The zero-order chi connectivity index (χ0) is 17.0. The van der Waals surface area contributed by atoms with Crippen molar-refractivity contribution >= 4 is 26.8 Å². The van der Waals surface area contributed by atoms with Crippen molar-refractivity contribution in [3.8, 4) is 0 Å². The van der Waals surface area contributed by atoms with Crippen LogP contribution in [0.1, 0.15) is 41.7 Å². The topological polar surface area (TPSA) is 14.2 Å². The van der Waals surface area contributed by atoms with Crippen LogP contribution in [0.4, 0.5) is 0 Å². The lowest BCUT2D eigenvalue weighted by Gasteiger charge is -2.42. The van der Waals surface area contributed by atoms with Crippen LogP contribution in [0, 0.1) is 5.92 Å². The zero-order valence-electron chi connectivity index (χ0n) is 14.4. The number of benzene rings is 2. The molecule has 0 bridgehead atoms.